The molecule has 152 valence electrons. The predicted octanol–water partition coefficient (Wildman–Crippen LogP) is 5.58. The number of ether oxygens (including phenoxy) is 2. The molecule has 0 aliphatic heterocycles. The summed E-state index contributed by atoms with van der Waals surface area (Å²) < 4.78 is 16.3. The molecule has 4 rings (SSSR count). The number of hydrogen-bond donors (Lipinski definition) is 2. The van der Waals surface area contributed by atoms with E-state index in [0.29, 0.717) is 11.3 Å². The summed E-state index contributed by atoms with van der Waals surface area (Å²) in [5.41, 5.74) is 3.66. The number of anilines is 3. The largest absolute Gasteiger partial charge is 0.497 e. The van der Waals surface area contributed by atoms with Gasteiger partial charge in [0.2, 0.25) is 0 Å². The van der Waals surface area contributed by atoms with E-state index in [1.807, 2.05) is 72.8 Å². The highest BCUT2D eigenvalue weighted by Gasteiger charge is 2.21. The third-order valence-electron chi connectivity index (χ3n) is 4.74. The van der Waals surface area contributed by atoms with Gasteiger partial charge in [-0.15, -0.1) is 0 Å². The Bertz CT molecular complexity index is 1170. The average molecular weight is 402 g/mol. The van der Waals surface area contributed by atoms with Crippen LogP contribution in [0.15, 0.2) is 77.2 Å². The summed E-state index contributed by atoms with van der Waals surface area (Å²) in [7, 11) is 3.22. The maximum absolute atomic E-state index is 13.1. The lowest BCUT2D eigenvalue weighted by Gasteiger charge is -2.13. The summed E-state index contributed by atoms with van der Waals surface area (Å²) in [6.45, 7) is 0.283. The van der Waals surface area contributed by atoms with E-state index in [9.17, 15) is 4.79 Å². The normalized spacial score (nSPS) is 10.7. The third kappa shape index (κ3) is 3.99. The molecule has 1 amide bonds. The van der Waals surface area contributed by atoms with Crippen LogP contribution >= 0.6 is 0 Å². The van der Waals surface area contributed by atoms with Crippen molar-refractivity contribution in [2.45, 2.75) is 6.61 Å². The predicted molar refractivity (Wildman–Crippen MR) is 118 cm³/mol. The SMILES string of the molecule is COCc1c(C(=O)Nc2ccccc2Nc2ccc(OC)cc2)oc2ccccc12. The number of carbonyl (C=O) groups excluding carboxylic acids is 1. The van der Waals surface area contributed by atoms with E-state index in [1.165, 1.54) is 0 Å². The molecule has 3 aromatic carbocycles. The highest BCUT2D eigenvalue weighted by atomic mass is 16.5. The molecule has 1 heterocycles. The van der Waals surface area contributed by atoms with Gasteiger partial charge in [0.15, 0.2) is 5.76 Å². The minimum atomic E-state index is -0.331. The molecule has 0 unspecified atom stereocenters. The van der Waals surface area contributed by atoms with Gasteiger partial charge in [-0.3, -0.25) is 4.79 Å². The van der Waals surface area contributed by atoms with E-state index < -0.39 is 0 Å². The van der Waals surface area contributed by atoms with Gasteiger partial charge in [-0.2, -0.15) is 0 Å². The first-order valence-corrected chi connectivity index (χ1v) is 9.50. The Morgan fingerprint density at radius 2 is 1.60 bits per heavy atom. The Kier molecular flexibility index (Phi) is 5.68. The molecule has 6 heteroatoms. The summed E-state index contributed by atoms with van der Waals surface area (Å²) in [5.74, 6) is 0.692. The van der Waals surface area contributed by atoms with Crippen LogP contribution in [0.2, 0.25) is 0 Å². The van der Waals surface area contributed by atoms with Crippen molar-refractivity contribution in [3.05, 3.63) is 84.1 Å². The van der Waals surface area contributed by atoms with Gasteiger partial charge >= 0.3 is 0 Å². The number of benzene rings is 3. The average Bonchev–Trinajstić information content (AvgIpc) is 3.15. The number of amides is 1. The first-order valence-electron chi connectivity index (χ1n) is 9.50. The van der Waals surface area contributed by atoms with E-state index in [1.54, 1.807) is 14.2 Å². The number of hydrogen-bond acceptors (Lipinski definition) is 5. The Morgan fingerprint density at radius 3 is 2.33 bits per heavy atom. The van der Waals surface area contributed by atoms with Gasteiger partial charge < -0.3 is 24.5 Å². The molecular weight excluding hydrogens is 380 g/mol. The zero-order valence-corrected chi connectivity index (χ0v) is 16.8. The zero-order chi connectivity index (χ0) is 20.9. The lowest BCUT2D eigenvalue weighted by molar-refractivity contribution is 0.0992. The van der Waals surface area contributed by atoms with Gasteiger partial charge in [0.25, 0.3) is 5.91 Å². The van der Waals surface area contributed by atoms with Gasteiger partial charge in [0.05, 0.1) is 25.1 Å². The van der Waals surface area contributed by atoms with Crippen LogP contribution in [-0.2, 0) is 11.3 Å². The van der Waals surface area contributed by atoms with Crippen molar-refractivity contribution >= 4 is 33.9 Å². The van der Waals surface area contributed by atoms with Crippen molar-refractivity contribution in [3.63, 3.8) is 0 Å². The van der Waals surface area contributed by atoms with Crippen LogP contribution in [-0.4, -0.2) is 20.1 Å². The van der Waals surface area contributed by atoms with E-state index in [0.717, 1.165) is 28.1 Å². The smallest absolute Gasteiger partial charge is 0.291 e. The second-order valence-electron chi connectivity index (χ2n) is 6.69. The van der Waals surface area contributed by atoms with Crippen molar-refractivity contribution in [1.82, 2.24) is 0 Å². The summed E-state index contributed by atoms with van der Waals surface area (Å²) in [4.78, 5) is 13.1. The number of rotatable bonds is 7. The molecule has 2 N–H and O–H groups in total. The van der Waals surface area contributed by atoms with E-state index >= 15 is 0 Å². The molecule has 0 saturated carbocycles. The quantitative estimate of drug-likeness (QED) is 0.422. The first-order chi connectivity index (χ1) is 14.7. The van der Waals surface area contributed by atoms with Crippen LogP contribution in [0.25, 0.3) is 11.0 Å². The topological polar surface area (TPSA) is 72.7 Å². The lowest BCUT2D eigenvalue weighted by atomic mass is 10.1. The minimum absolute atomic E-state index is 0.248. The van der Waals surface area contributed by atoms with Crippen LogP contribution in [0.4, 0.5) is 17.1 Å². The molecule has 6 nitrogen and oxygen atoms in total. The highest BCUT2D eigenvalue weighted by molar-refractivity contribution is 6.08. The zero-order valence-electron chi connectivity index (χ0n) is 16.8. The number of para-hydroxylation sites is 3. The molecular formula is C24H22N2O4. The number of carbonyl (C=O) groups is 1. The van der Waals surface area contributed by atoms with E-state index in [-0.39, 0.29) is 18.3 Å². The molecule has 0 fully saturated rings. The van der Waals surface area contributed by atoms with Gasteiger partial charge in [-0.1, -0.05) is 30.3 Å². The van der Waals surface area contributed by atoms with Gasteiger partial charge in [-0.05, 0) is 42.5 Å². The number of furan rings is 1. The van der Waals surface area contributed by atoms with Crippen molar-refractivity contribution < 1.29 is 18.7 Å². The molecule has 1 aromatic heterocycles. The number of fused-ring (bicyclic) bond motifs is 1. The van der Waals surface area contributed by atoms with Crippen LogP contribution in [0.3, 0.4) is 0 Å². The van der Waals surface area contributed by atoms with Gasteiger partial charge in [0.1, 0.15) is 11.3 Å². The fraction of sp³-hybridized carbons (Fsp3) is 0.125. The van der Waals surface area contributed by atoms with Crippen LogP contribution in [0, 0.1) is 0 Å². The minimum Gasteiger partial charge on any atom is -0.497 e. The lowest BCUT2D eigenvalue weighted by Crippen LogP contribution is -2.14. The van der Waals surface area contributed by atoms with E-state index in [2.05, 4.69) is 10.6 Å². The highest BCUT2D eigenvalue weighted by Crippen LogP contribution is 2.30. The van der Waals surface area contributed by atoms with Gasteiger partial charge in [-0.25, -0.2) is 0 Å². The number of nitrogens with one attached hydrogen (secondary N) is 2. The molecule has 0 bridgehead atoms. The van der Waals surface area contributed by atoms with Crippen molar-refractivity contribution in [2.75, 3.05) is 24.9 Å². The Labute approximate surface area is 174 Å². The van der Waals surface area contributed by atoms with Crippen LogP contribution in [0.5, 0.6) is 5.75 Å². The maximum Gasteiger partial charge on any atom is 0.291 e. The van der Waals surface area contributed by atoms with Crippen LogP contribution < -0.4 is 15.4 Å². The van der Waals surface area contributed by atoms with Crippen molar-refractivity contribution in [1.29, 1.82) is 0 Å². The summed E-state index contributed by atoms with van der Waals surface area (Å²) >= 11 is 0. The number of methoxy groups -OCH3 is 2. The molecule has 0 aliphatic rings. The van der Waals surface area contributed by atoms with Crippen molar-refractivity contribution in [3.8, 4) is 5.75 Å². The molecule has 0 radical (unpaired) electrons. The van der Waals surface area contributed by atoms with Gasteiger partial charge in [0, 0.05) is 23.7 Å². The molecule has 0 aliphatic carbocycles. The molecule has 4 aromatic rings. The monoisotopic (exact) mass is 402 g/mol. The summed E-state index contributed by atoms with van der Waals surface area (Å²) in [6, 6.07) is 22.6. The second-order valence-corrected chi connectivity index (χ2v) is 6.69. The molecule has 30 heavy (non-hydrogen) atoms. The molecule has 0 atom stereocenters. The first kappa shape index (κ1) is 19.5. The Balaban J connectivity index is 1.61. The van der Waals surface area contributed by atoms with Crippen LogP contribution in [0.1, 0.15) is 16.1 Å². The Hall–Kier alpha value is -3.77. The fourth-order valence-electron chi connectivity index (χ4n) is 3.28. The Morgan fingerprint density at radius 1 is 0.900 bits per heavy atom. The fourth-order valence-corrected chi connectivity index (χ4v) is 3.28. The second kappa shape index (κ2) is 8.71. The summed E-state index contributed by atoms with van der Waals surface area (Å²) in [5, 5.41) is 7.14. The maximum atomic E-state index is 13.1. The summed E-state index contributed by atoms with van der Waals surface area (Å²) in [6.07, 6.45) is 0. The standard InChI is InChI=1S/C24H22N2O4/c1-28-15-19-18-7-3-6-10-22(18)30-23(19)24(27)26-21-9-5-4-8-20(21)25-16-11-13-17(29-2)14-12-16/h3-14,25H,15H2,1-2H3,(H,26,27). The molecule has 0 saturated heterocycles. The third-order valence-corrected chi connectivity index (χ3v) is 4.74. The molecule has 0 spiro atoms. The van der Waals surface area contributed by atoms with E-state index in [4.69, 9.17) is 13.9 Å². The van der Waals surface area contributed by atoms with Crippen molar-refractivity contribution in [2.24, 2.45) is 0 Å².